The van der Waals surface area contributed by atoms with Crippen molar-refractivity contribution in [2.45, 2.75) is 25.5 Å². The second kappa shape index (κ2) is 9.29. The molecule has 2 amide bonds. The van der Waals surface area contributed by atoms with Crippen molar-refractivity contribution in [3.05, 3.63) is 71.3 Å². The normalized spacial score (nSPS) is 17.6. The summed E-state index contributed by atoms with van der Waals surface area (Å²) < 4.78 is 0. The van der Waals surface area contributed by atoms with E-state index in [1.54, 1.807) is 35.2 Å². The van der Waals surface area contributed by atoms with Crippen LogP contribution in [0.2, 0.25) is 5.02 Å². The SMILES string of the molecule is C=CCN1C(=O)C(CC(=O)Nc2cccc(Cl)c2)SC1=Nc1c(C)cccc1C. The van der Waals surface area contributed by atoms with Gasteiger partial charge in [-0.3, -0.25) is 14.5 Å². The molecule has 1 atom stereocenters. The summed E-state index contributed by atoms with van der Waals surface area (Å²) >= 11 is 7.27. The summed E-state index contributed by atoms with van der Waals surface area (Å²) in [5.74, 6) is -0.383. The summed E-state index contributed by atoms with van der Waals surface area (Å²) in [6, 6.07) is 12.9. The van der Waals surface area contributed by atoms with E-state index in [0.717, 1.165) is 16.8 Å². The molecule has 0 radical (unpaired) electrons. The van der Waals surface area contributed by atoms with Gasteiger partial charge in [-0.05, 0) is 43.2 Å². The lowest BCUT2D eigenvalue weighted by atomic mass is 10.1. The predicted octanol–water partition coefficient (Wildman–Crippen LogP) is 5.10. The van der Waals surface area contributed by atoms with E-state index in [2.05, 4.69) is 11.9 Å². The van der Waals surface area contributed by atoms with Gasteiger partial charge in [0.2, 0.25) is 11.8 Å². The zero-order chi connectivity index (χ0) is 21.0. The van der Waals surface area contributed by atoms with Crippen molar-refractivity contribution in [1.29, 1.82) is 0 Å². The van der Waals surface area contributed by atoms with Crippen LogP contribution in [-0.4, -0.2) is 33.7 Å². The van der Waals surface area contributed by atoms with Crippen molar-refractivity contribution in [2.75, 3.05) is 11.9 Å². The topological polar surface area (TPSA) is 61.8 Å². The Kier molecular flexibility index (Phi) is 6.77. The number of carbonyl (C=O) groups excluding carboxylic acids is 2. The first kappa shape index (κ1) is 21.1. The minimum absolute atomic E-state index is 0.0510. The molecule has 2 aromatic carbocycles. The number of benzene rings is 2. The predicted molar refractivity (Wildman–Crippen MR) is 121 cm³/mol. The molecule has 0 aliphatic carbocycles. The Morgan fingerprint density at radius 2 is 1.97 bits per heavy atom. The molecule has 1 unspecified atom stereocenters. The smallest absolute Gasteiger partial charge is 0.242 e. The van der Waals surface area contributed by atoms with Gasteiger partial charge >= 0.3 is 0 Å². The van der Waals surface area contributed by atoms with Crippen LogP contribution in [0.1, 0.15) is 17.5 Å². The lowest BCUT2D eigenvalue weighted by Crippen LogP contribution is -2.33. The van der Waals surface area contributed by atoms with Crippen LogP contribution in [-0.2, 0) is 9.59 Å². The first-order valence-electron chi connectivity index (χ1n) is 9.18. The van der Waals surface area contributed by atoms with Crippen LogP contribution < -0.4 is 5.32 Å². The van der Waals surface area contributed by atoms with Crippen LogP contribution in [0.4, 0.5) is 11.4 Å². The number of anilines is 1. The molecule has 1 aliphatic rings. The number of nitrogens with zero attached hydrogens (tertiary/aromatic N) is 2. The molecule has 1 saturated heterocycles. The molecule has 1 heterocycles. The Morgan fingerprint density at radius 3 is 2.62 bits per heavy atom. The first-order valence-corrected chi connectivity index (χ1v) is 10.4. The molecule has 0 spiro atoms. The van der Waals surface area contributed by atoms with Crippen LogP contribution in [0.25, 0.3) is 0 Å². The van der Waals surface area contributed by atoms with Gasteiger partial charge in [0.05, 0.1) is 5.69 Å². The van der Waals surface area contributed by atoms with E-state index >= 15 is 0 Å². The number of amides is 2. The quantitative estimate of drug-likeness (QED) is 0.652. The fourth-order valence-electron chi connectivity index (χ4n) is 3.05. The largest absolute Gasteiger partial charge is 0.326 e. The summed E-state index contributed by atoms with van der Waals surface area (Å²) in [7, 11) is 0. The van der Waals surface area contributed by atoms with Gasteiger partial charge in [0.25, 0.3) is 0 Å². The summed E-state index contributed by atoms with van der Waals surface area (Å²) in [5, 5.41) is 3.39. The number of hydrogen-bond acceptors (Lipinski definition) is 4. The number of carbonyl (C=O) groups is 2. The Bertz CT molecular complexity index is 970. The van der Waals surface area contributed by atoms with Crippen molar-refractivity contribution in [2.24, 2.45) is 4.99 Å². The fraction of sp³-hybridized carbons (Fsp3) is 0.227. The molecule has 7 heteroatoms. The van der Waals surface area contributed by atoms with E-state index in [4.69, 9.17) is 16.6 Å². The summed E-state index contributed by atoms with van der Waals surface area (Å²) in [6.45, 7) is 8.06. The summed E-state index contributed by atoms with van der Waals surface area (Å²) in [6.07, 6.45) is 1.71. The van der Waals surface area contributed by atoms with Crippen molar-refractivity contribution >= 4 is 51.7 Å². The third-order valence-electron chi connectivity index (χ3n) is 4.46. The highest BCUT2D eigenvalue weighted by molar-refractivity contribution is 8.15. The van der Waals surface area contributed by atoms with Crippen molar-refractivity contribution in [3.63, 3.8) is 0 Å². The van der Waals surface area contributed by atoms with Crippen molar-refractivity contribution in [3.8, 4) is 0 Å². The van der Waals surface area contributed by atoms with Gasteiger partial charge in [0.15, 0.2) is 5.17 Å². The van der Waals surface area contributed by atoms with Crippen LogP contribution >= 0.6 is 23.4 Å². The number of nitrogens with one attached hydrogen (secondary N) is 1. The molecule has 0 saturated carbocycles. The Labute approximate surface area is 179 Å². The Hall–Kier alpha value is -2.57. The van der Waals surface area contributed by atoms with Crippen LogP contribution in [0.5, 0.6) is 0 Å². The zero-order valence-electron chi connectivity index (χ0n) is 16.3. The number of aryl methyl sites for hydroxylation is 2. The maximum Gasteiger partial charge on any atom is 0.242 e. The van der Waals surface area contributed by atoms with Crippen LogP contribution in [0.15, 0.2) is 60.1 Å². The molecule has 0 aromatic heterocycles. The summed E-state index contributed by atoms with van der Waals surface area (Å²) in [4.78, 5) is 31.7. The lowest BCUT2D eigenvalue weighted by molar-refractivity contribution is -0.127. The number of rotatable bonds is 6. The minimum atomic E-state index is -0.530. The lowest BCUT2D eigenvalue weighted by Gasteiger charge is -2.14. The van der Waals surface area contributed by atoms with E-state index < -0.39 is 5.25 Å². The summed E-state index contributed by atoms with van der Waals surface area (Å²) in [5.41, 5.74) is 3.52. The third kappa shape index (κ3) is 5.08. The molecule has 1 N–H and O–H groups in total. The van der Waals surface area contributed by atoms with Gasteiger partial charge in [-0.15, -0.1) is 6.58 Å². The maximum atomic E-state index is 12.9. The average Bonchev–Trinajstić information content (AvgIpc) is 2.94. The van der Waals surface area contributed by atoms with Gasteiger partial charge < -0.3 is 5.32 Å². The molecular weight excluding hydrogens is 406 g/mol. The second-order valence-corrected chi connectivity index (χ2v) is 8.35. The van der Waals surface area contributed by atoms with Crippen LogP contribution in [0, 0.1) is 13.8 Å². The minimum Gasteiger partial charge on any atom is -0.326 e. The van der Waals surface area contributed by atoms with Gasteiger partial charge in [-0.1, -0.05) is 53.7 Å². The zero-order valence-corrected chi connectivity index (χ0v) is 17.9. The first-order chi connectivity index (χ1) is 13.9. The van der Waals surface area contributed by atoms with Gasteiger partial charge in [0, 0.05) is 23.7 Å². The average molecular weight is 428 g/mol. The number of thioether (sulfide) groups is 1. The van der Waals surface area contributed by atoms with Crippen LogP contribution in [0.3, 0.4) is 0 Å². The number of para-hydroxylation sites is 1. The highest BCUT2D eigenvalue weighted by atomic mass is 35.5. The van der Waals surface area contributed by atoms with E-state index in [9.17, 15) is 9.59 Å². The molecule has 0 bridgehead atoms. The number of aliphatic imine (C=N–C) groups is 1. The highest BCUT2D eigenvalue weighted by Crippen LogP contribution is 2.33. The molecule has 5 nitrogen and oxygen atoms in total. The molecule has 29 heavy (non-hydrogen) atoms. The highest BCUT2D eigenvalue weighted by Gasteiger charge is 2.38. The standard InChI is InChI=1S/C22H22ClN3O2S/c1-4-11-26-21(28)18(13-19(27)24-17-10-6-9-16(23)12-17)29-22(26)25-20-14(2)7-5-8-15(20)3/h4-10,12,18H,1,11,13H2,2-3H3,(H,24,27). The fourth-order valence-corrected chi connectivity index (χ4v) is 4.39. The number of hydrogen-bond donors (Lipinski definition) is 1. The molecule has 3 rings (SSSR count). The molecule has 150 valence electrons. The van der Waals surface area contributed by atoms with Gasteiger partial charge in [-0.25, -0.2) is 4.99 Å². The Morgan fingerprint density at radius 1 is 1.28 bits per heavy atom. The van der Waals surface area contributed by atoms with Gasteiger partial charge in [0.1, 0.15) is 5.25 Å². The second-order valence-electron chi connectivity index (χ2n) is 6.74. The molecule has 2 aromatic rings. The number of halogens is 1. The molecule has 1 fully saturated rings. The van der Waals surface area contributed by atoms with Crippen molar-refractivity contribution in [1.82, 2.24) is 4.90 Å². The van der Waals surface area contributed by atoms with Gasteiger partial charge in [-0.2, -0.15) is 0 Å². The van der Waals surface area contributed by atoms with E-state index in [1.165, 1.54) is 11.8 Å². The monoisotopic (exact) mass is 427 g/mol. The van der Waals surface area contributed by atoms with Crippen molar-refractivity contribution < 1.29 is 9.59 Å². The molecular formula is C22H22ClN3O2S. The maximum absolute atomic E-state index is 12.9. The van der Waals surface area contributed by atoms with E-state index in [-0.39, 0.29) is 18.2 Å². The third-order valence-corrected chi connectivity index (χ3v) is 5.87. The van der Waals surface area contributed by atoms with E-state index in [1.807, 2.05) is 32.0 Å². The molecule has 1 aliphatic heterocycles. The van der Waals surface area contributed by atoms with E-state index in [0.29, 0.717) is 22.4 Å². The number of amidine groups is 1. The Balaban J connectivity index is 1.79.